The predicted molar refractivity (Wildman–Crippen MR) is 83.6 cm³/mol. The van der Waals surface area contributed by atoms with Gasteiger partial charge in [0.1, 0.15) is 6.04 Å². The van der Waals surface area contributed by atoms with Crippen molar-refractivity contribution in [1.82, 2.24) is 4.31 Å². The molecule has 9 heteroatoms. The van der Waals surface area contributed by atoms with Crippen LogP contribution in [-0.4, -0.2) is 42.3 Å². The Morgan fingerprint density at radius 3 is 2.58 bits per heavy atom. The summed E-state index contributed by atoms with van der Waals surface area (Å²) in [6, 6.07) is 3.36. The van der Waals surface area contributed by atoms with Crippen LogP contribution in [-0.2, 0) is 19.6 Å². The third-order valence-corrected chi connectivity index (χ3v) is 6.17. The summed E-state index contributed by atoms with van der Waals surface area (Å²) in [4.78, 5) is 22.2. The average molecular weight is 352 g/mol. The fourth-order valence-corrected chi connectivity index (χ4v) is 5.00. The first-order valence-electron chi connectivity index (χ1n) is 7.49. The van der Waals surface area contributed by atoms with E-state index in [0.717, 1.165) is 16.4 Å². The molecule has 128 valence electrons. The van der Waals surface area contributed by atoms with E-state index in [9.17, 15) is 23.3 Å². The summed E-state index contributed by atoms with van der Waals surface area (Å²) in [6.07, 6.45) is 4.15. The fourth-order valence-electron chi connectivity index (χ4n) is 3.22. The van der Waals surface area contributed by atoms with Crippen molar-refractivity contribution in [3.63, 3.8) is 0 Å². The van der Waals surface area contributed by atoms with E-state index in [1.165, 1.54) is 12.1 Å². The Morgan fingerprint density at radius 2 is 2.00 bits per heavy atom. The Kier molecular flexibility index (Phi) is 4.14. The molecule has 1 fully saturated rings. The fraction of sp³-hybridized carbons (Fsp3) is 0.400. The second kappa shape index (κ2) is 5.99. The van der Waals surface area contributed by atoms with E-state index < -0.39 is 33.0 Å². The number of nitrogens with zero attached hydrogens (tertiary/aromatic N) is 2. The van der Waals surface area contributed by atoms with Crippen LogP contribution in [0.15, 0.2) is 41.3 Å². The summed E-state index contributed by atoms with van der Waals surface area (Å²) in [5, 5.41) is 10.7. The Balaban J connectivity index is 1.97. The van der Waals surface area contributed by atoms with Crippen LogP contribution in [0.3, 0.4) is 0 Å². The Labute approximate surface area is 138 Å². The SMILES string of the molecule is CCOC(=O)C1[C@H]2C=C[C@H](C2)N1S(=O)(=O)c1ccc([N+](=O)[O-])cc1. The van der Waals surface area contributed by atoms with Crippen molar-refractivity contribution >= 4 is 21.7 Å². The van der Waals surface area contributed by atoms with Crippen molar-refractivity contribution in [2.75, 3.05) is 6.61 Å². The van der Waals surface area contributed by atoms with E-state index in [-0.39, 0.29) is 23.1 Å². The number of ether oxygens (including phenoxy) is 1. The highest BCUT2D eigenvalue weighted by Gasteiger charge is 2.52. The standard InChI is InChI=1S/C15H16N2O6S/c1-2-23-15(18)14-10-3-4-12(9-10)16(14)24(21,22)13-7-5-11(6-8-13)17(19)20/h3-8,10,12,14H,2,9H2,1H3/t10-,12+,14?/m0/s1. The number of esters is 1. The monoisotopic (exact) mass is 352 g/mol. The second-order valence-electron chi connectivity index (χ2n) is 5.63. The average Bonchev–Trinajstić information content (AvgIpc) is 3.16. The molecule has 24 heavy (non-hydrogen) atoms. The van der Waals surface area contributed by atoms with Crippen molar-refractivity contribution in [3.8, 4) is 0 Å². The first-order chi connectivity index (χ1) is 11.4. The maximum Gasteiger partial charge on any atom is 0.325 e. The van der Waals surface area contributed by atoms with Gasteiger partial charge in [-0.1, -0.05) is 12.2 Å². The van der Waals surface area contributed by atoms with Gasteiger partial charge in [0, 0.05) is 24.1 Å². The lowest BCUT2D eigenvalue weighted by Crippen LogP contribution is -2.48. The molecule has 3 atom stereocenters. The van der Waals surface area contributed by atoms with E-state index in [4.69, 9.17) is 4.74 Å². The van der Waals surface area contributed by atoms with Gasteiger partial charge in [-0.25, -0.2) is 8.42 Å². The van der Waals surface area contributed by atoms with E-state index in [1.54, 1.807) is 13.0 Å². The van der Waals surface area contributed by atoms with Gasteiger partial charge in [-0.2, -0.15) is 4.31 Å². The number of hydrogen-bond acceptors (Lipinski definition) is 6. The van der Waals surface area contributed by atoms with Crippen LogP contribution in [0.1, 0.15) is 13.3 Å². The van der Waals surface area contributed by atoms with E-state index in [0.29, 0.717) is 6.42 Å². The Hall–Kier alpha value is -2.26. The molecule has 0 aromatic heterocycles. The summed E-state index contributed by atoms with van der Waals surface area (Å²) >= 11 is 0. The number of carbonyl (C=O) groups excluding carboxylic acids is 1. The van der Waals surface area contributed by atoms with Gasteiger partial charge in [-0.05, 0) is 25.5 Å². The van der Waals surface area contributed by atoms with E-state index in [2.05, 4.69) is 0 Å². The number of sulfonamides is 1. The maximum absolute atomic E-state index is 12.9. The van der Waals surface area contributed by atoms with E-state index >= 15 is 0 Å². The molecule has 1 aromatic carbocycles. The van der Waals surface area contributed by atoms with Crippen LogP contribution in [0.2, 0.25) is 0 Å². The van der Waals surface area contributed by atoms with Gasteiger partial charge >= 0.3 is 5.97 Å². The van der Waals surface area contributed by atoms with Crippen LogP contribution >= 0.6 is 0 Å². The minimum atomic E-state index is -3.97. The summed E-state index contributed by atoms with van der Waals surface area (Å²) in [5.74, 6) is -0.776. The van der Waals surface area contributed by atoms with Gasteiger partial charge in [0.15, 0.2) is 0 Å². The molecule has 1 aromatic rings. The van der Waals surface area contributed by atoms with Crippen LogP contribution in [0.5, 0.6) is 0 Å². The first kappa shape index (κ1) is 16.6. The summed E-state index contributed by atoms with van der Waals surface area (Å²) in [5.41, 5.74) is -0.196. The Morgan fingerprint density at radius 1 is 1.33 bits per heavy atom. The van der Waals surface area contributed by atoms with Gasteiger partial charge in [0.25, 0.3) is 5.69 Å². The molecule has 2 aliphatic rings. The number of fused-ring (bicyclic) bond motifs is 2. The van der Waals surface area contributed by atoms with Crippen LogP contribution in [0.4, 0.5) is 5.69 Å². The highest BCUT2D eigenvalue weighted by atomic mass is 32.2. The normalized spacial score (nSPS) is 25.8. The summed E-state index contributed by atoms with van der Waals surface area (Å²) < 4.78 is 32.1. The molecule has 3 rings (SSSR count). The number of benzene rings is 1. The van der Waals surface area contributed by atoms with Gasteiger partial charge in [-0.15, -0.1) is 0 Å². The number of nitro groups is 1. The topological polar surface area (TPSA) is 107 Å². The number of hydrogen-bond donors (Lipinski definition) is 0. The molecule has 1 heterocycles. The third-order valence-electron chi connectivity index (χ3n) is 4.25. The largest absolute Gasteiger partial charge is 0.465 e. The molecule has 1 aliphatic heterocycles. The molecule has 0 saturated carbocycles. The molecule has 0 amide bonds. The maximum atomic E-state index is 12.9. The van der Waals surface area contributed by atoms with Crippen LogP contribution in [0, 0.1) is 16.0 Å². The first-order valence-corrected chi connectivity index (χ1v) is 8.93. The second-order valence-corrected chi connectivity index (χ2v) is 7.48. The molecule has 0 spiro atoms. The molecular weight excluding hydrogens is 336 g/mol. The zero-order valence-electron chi connectivity index (χ0n) is 12.9. The minimum absolute atomic E-state index is 0.0802. The van der Waals surface area contributed by atoms with Gasteiger partial charge in [0.05, 0.1) is 16.4 Å². The predicted octanol–water partition coefficient (Wildman–Crippen LogP) is 1.48. The van der Waals surface area contributed by atoms with Crippen molar-refractivity contribution in [1.29, 1.82) is 0 Å². The van der Waals surface area contributed by atoms with Gasteiger partial charge in [0.2, 0.25) is 10.0 Å². The molecule has 0 N–H and O–H groups in total. The molecule has 2 bridgehead atoms. The molecule has 1 aliphatic carbocycles. The number of non-ortho nitro benzene ring substituents is 1. The van der Waals surface area contributed by atoms with Crippen molar-refractivity contribution in [3.05, 3.63) is 46.5 Å². The van der Waals surface area contributed by atoms with Crippen molar-refractivity contribution in [2.45, 2.75) is 30.3 Å². The Bertz CT molecular complexity index is 802. The third kappa shape index (κ3) is 2.59. The van der Waals surface area contributed by atoms with Crippen molar-refractivity contribution < 1.29 is 22.9 Å². The molecule has 1 unspecified atom stereocenters. The highest BCUT2D eigenvalue weighted by Crippen LogP contribution is 2.41. The lowest BCUT2D eigenvalue weighted by atomic mass is 10.0. The minimum Gasteiger partial charge on any atom is -0.465 e. The molecule has 0 radical (unpaired) electrons. The zero-order valence-corrected chi connectivity index (χ0v) is 13.7. The quantitative estimate of drug-likeness (QED) is 0.344. The number of carbonyl (C=O) groups is 1. The summed E-state index contributed by atoms with van der Waals surface area (Å²) in [7, 11) is -3.97. The van der Waals surface area contributed by atoms with Crippen LogP contribution in [0.25, 0.3) is 0 Å². The van der Waals surface area contributed by atoms with Gasteiger partial charge < -0.3 is 4.74 Å². The van der Waals surface area contributed by atoms with Crippen LogP contribution < -0.4 is 0 Å². The van der Waals surface area contributed by atoms with Gasteiger partial charge in [-0.3, -0.25) is 14.9 Å². The smallest absolute Gasteiger partial charge is 0.325 e. The summed E-state index contributed by atoms with van der Waals surface area (Å²) in [6.45, 7) is 1.83. The lowest BCUT2D eigenvalue weighted by molar-refractivity contribution is -0.384. The number of rotatable bonds is 5. The lowest BCUT2D eigenvalue weighted by Gasteiger charge is -2.29. The zero-order chi connectivity index (χ0) is 17.5. The van der Waals surface area contributed by atoms with Crippen molar-refractivity contribution in [2.24, 2.45) is 5.92 Å². The highest BCUT2D eigenvalue weighted by molar-refractivity contribution is 7.89. The van der Waals surface area contributed by atoms with E-state index in [1.807, 2.05) is 6.08 Å². The number of nitro benzene ring substituents is 1. The molecular formula is C15H16N2O6S. The molecule has 8 nitrogen and oxygen atoms in total. The molecule has 1 saturated heterocycles.